The van der Waals surface area contributed by atoms with Gasteiger partial charge < -0.3 is 0 Å². The van der Waals surface area contributed by atoms with Crippen LogP contribution in [0.15, 0.2) is 79.3 Å². The minimum atomic E-state index is 0.887. The molecule has 0 spiro atoms. The van der Waals surface area contributed by atoms with Crippen molar-refractivity contribution in [1.29, 1.82) is 0 Å². The Hall–Kier alpha value is -3.07. The highest BCUT2D eigenvalue weighted by Gasteiger charge is 2.10. The van der Waals surface area contributed by atoms with Gasteiger partial charge in [-0.25, -0.2) is 15.0 Å². The zero-order chi connectivity index (χ0) is 14.8. The van der Waals surface area contributed by atoms with Gasteiger partial charge in [-0.3, -0.25) is 0 Å². The second kappa shape index (κ2) is 5.37. The third-order valence-electron chi connectivity index (χ3n) is 3.63. The molecule has 0 amide bonds. The fourth-order valence-electron chi connectivity index (χ4n) is 2.56. The Labute approximate surface area is 128 Å². The number of nitrogens with zero attached hydrogens (tertiary/aromatic N) is 3. The van der Waals surface area contributed by atoms with E-state index in [-0.39, 0.29) is 0 Å². The minimum absolute atomic E-state index is 0.887. The largest absolute Gasteiger partial charge is 0.248 e. The van der Waals surface area contributed by atoms with Crippen molar-refractivity contribution in [2.24, 2.45) is 0 Å². The van der Waals surface area contributed by atoms with E-state index in [2.05, 4.69) is 22.1 Å². The van der Waals surface area contributed by atoms with Gasteiger partial charge in [-0.1, -0.05) is 54.6 Å². The van der Waals surface area contributed by atoms with Gasteiger partial charge in [0, 0.05) is 22.7 Å². The van der Waals surface area contributed by atoms with E-state index in [1.54, 1.807) is 6.33 Å². The summed E-state index contributed by atoms with van der Waals surface area (Å²) in [7, 11) is 0. The minimum Gasteiger partial charge on any atom is -0.248 e. The van der Waals surface area contributed by atoms with Crippen LogP contribution in [0.4, 0.5) is 0 Å². The quantitative estimate of drug-likeness (QED) is 0.548. The van der Waals surface area contributed by atoms with Gasteiger partial charge in [0.25, 0.3) is 0 Å². The molecular formula is C19H13N3. The predicted molar refractivity (Wildman–Crippen MR) is 88.2 cm³/mol. The van der Waals surface area contributed by atoms with Crippen molar-refractivity contribution in [1.82, 2.24) is 15.0 Å². The Kier molecular flexibility index (Phi) is 3.09. The average Bonchev–Trinajstić information content (AvgIpc) is 2.62. The molecule has 2 heterocycles. The Morgan fingerprint density at radius 2 is 1.55 bits per heavy atom. The van der Waals surface area contributed by atoms with Gasteiger partial charge in [0.1, 0.15) is 6.33 Å². The van der Waals surface area contributed by atoms with Crippen LogP contribution in [0.3, 0.4) is 0 Å². The first-order chi connectivity index (χ1) is 10.9. The second-order valence-corrected chi connectivity index (χ2v) is 5.04. The molecular weight excluding hydrogens is 270 g/mol. The fourth-order valence-corrected chi connectivity index (χ4v) is 2.56. The molecule has 104 valence electrons. The lowest BCUT2D eigenvalue weighted by Gasteiger charge is -2.08. The van der Waals surface area contributed by atoms with Gasteiger partial charge in [0.05, 0.1) is 16.9 Å². The molecule has 4 rings (SSSR count). The van der Waals surface area contributed by atoms with E-state index >= 15 is 0 Å². The molecule has 0 radical (unpaired) electrons. The van der Waals surface area contributed by atoms with E-state index in [1.165, 1.54) is 0 Å². The fraction of sp³-hybridized carbons (Fsp3) is 0. The van der Waals surface area contributed by atoms with Gasteiger partial charge in [-0.2, -0.15) is 0 Å². The molecule has 3 heteroatoms. The number of rotatable bonds is 2. The van der Waals surface area contributed by atoms with Crippen molar-refractivity contribution in [2.75, 3.05) is 0 Å². The average molecular weight is 283 g/mol. The highest BCUT2D eigenvalue weighted by Crippen LogP contribution is 2.29. The third-order valence-corrected chi connectivity index (χ3v) is 3.63. The van der Waals surface area contributed by atoms with Crippen LogP contribution in [-0.2, 0) is 0 Å². The summed E-state index contributed by atoms with van der Waals surface area (Å²) in [5.74, 6) is 0. The van der Waals surface area contributed by atoms with Crippen LogP contribution in [0.1, 0.15) is 0 Å². The van der Waals surface area contributed by atoms with E-state index in [0.717, 1.165) is 33.4 Å². The molecule has 0 atom stereocenters. The van der Waals surface area contributed by atoms with Crippen molar-refractivity contribution < 1.29 is 0 Å². The summed E-state index contributed by atoms with van der Waals surface area (Å²) < 4.78 is 0. The number of hydrogen-bond donors (Lipinski definition) is 0. The lowest BCUT2D eigenvalue weighted by molar-refractivity contribution is 1.17. The Morgan fingerprint density at radius 1 is 0.727 bits per heavy atom. The van der Waals surface area contributed by atoms with E-state index in [4.69, 9.17) is 4.98 Å². The Bertz CT molecular complexity index is 933. The molecule has 0 fully saturated rings. The zero-order valence-electron chi connectivity index (χ0n) is 11.8. The summed E-state index contributed by atoms with van der Waals surface area (Å²) in [6.45, 7) is 0. The molecule has 0 saturated carbocycles. The van der Waals surface area contributed by atoms with E-state index in [1.807, 2.05) is 60.8 Å². The van der Waals surface area contributed by atoms with E-state index in [0.29, 0.717) is 0 Å². The number of hydrogen-bond acceptors (Lipinski definition) is 3. The lowest BCUT2D eigenvalue weighted by Crippen LogP contribution is -1.93. The van der Waals surface area contributed by atoms with Gasteiger partial charge >= 0.3 is 0 Å². The molecule has 2 aromatic heterocycles. The first-order valence-corrected chi connectivity index (χ1v) is 7.13. The van der Waals surface area contributed by atoms with Crippen molar-refractivity contribution >= 4 is 10.9 Å². The number of benzene rings is 2. The van der Waals surface area contributed by atoms with Crippen molar-refractivity contribution in [3.63, 3.8) is 0 Å². The predicted octanol–water partition coefficient (Wildman–Crippen LogP) is 4.36. The molecule has 4 aromatic rings. The molecule has 2 aromatic carbocycles. The Balaban J connectivity index is 1.92. The van der Waals surface area contributed by atoms with Crippen molar-refractivity contribution in [3.8, 4) is 22.5 Å². The second-order valence-electron chi connectivity index (χ2n) is 5.04. The van der Waals surface area contributed by atoms with Crippen LogP contribution in [-0.4, -0.2) is 15.0 Å². The number of aromatic nitrogens is 3. The zero-order valence-corrected chi connectivity index (χ0v) is 11.8. The van der Waals surface area contributed by atoms with Gasteiger partial charge in [0.15, 0.2) is 0 Å². The summed E-state index contributed by atoms with van der Waals surface area (Å²) in [4.78, 5) is 13.4. The van der Waals surface area contributed by atoms with Gasteiger partial charge in [-0.05, 0) is 12.1 Å². The van der Waals surface area contributed by atoms with Gasteiger partial charge in [-0.15, -0.1) is 0 Å². The standard InChI is InChI=1S/C19H13N3/c1-2-7-15(8-3-1)19-16(12-20-13-21-19)18-11-10-14-6-4-5-9-17(14)22-18/h1-13H. The third kappa shape index (κ3) is 2.23. The van der Waals surface area contributed by atoms with Crippen molar-refractivity contribution in [3.05, 3.63) is 79.3 Å². The van der Waals surface area contributed by atoms with Crippen molar-refractivity contribution in [2.45, 2.75) is 0 Å². The van der Waals surface area contributed by atoms with Crippen LogP contribution in [0.25, 0.3) is 33.4 Å². The first-order valence-electron chi connectivity index (χ1n) is 7.13. The monoisotopic (exact) mass is 283 g/mol. The molecule has 0 N–H and O–H groups in total. The molecule has 0 bridgehead atoms. The van der Waals surface area contributed by atoms with Crippen LogP contribution >= 0.6 is 0 Å². The van der Waals surface area contributed by atoms with Crippen LogP contribution in [0.5, 0.6) is 0 Å². The normalized spacial score (nSPS) is 10.7. The summed E-state index contributed by atoms with van der Waals surface area (Å²) in [6, 6.07) is 22.3. The highest BCUT2D eigenvalue weighted by molar-refractivity contribution is 5.84. The maximum atomic E-state index is 4.75. The molecule has 0 saturated heterocycles. The van der Waals surface area contributed by atoms with Crippen LogP contribution in [0.2, 0.25) is 0 Å². The highest BCUT2D eigenvalue weighted by atomic mass is 14.8. The lowest BCUT2D eigenvalue weighted by atomic mass is 10.0. The molecule has 3 nitrogen and oxygen atoms in total. The summed E-state index contributed by atoms with van der Waals surface area (Å²) in [5.41, 5.74) is 4.77. The summed E-state index contributed by atoms with van der Waals surface area (Å²) in [6.07, 6.45) is 3.40. The maximum absolute atomic E-state index is 4.75. The molecule has 0 aliphatic carbocycles. The van der Waals surface area contributed by atoms with Crippen LogP contribution < -0.4 is 0 Å². The Morgan fingerprint density at radius 3 is 2.45 bits per heavy atom. The van der Waals surface area contributed by atoms with Gasteiger partial charge in [0.2, 0.25) is 0 Å². The number of para-hydroxylation sites is 1. The SMILES string of the molecule is c1ccc(-c2ncncc2-c2ccc3ccccc3n2)cc1. The molecule has 0 aliphatic rings. The van der Waals surface area contributed by atoms with E-state index < -0.39 is 0 Å². The topological polar surface area (TPSA) is 38.7 Å². The molecule has 0 aliphatic heterocycles. The van der Waals surface area contributed by atoms with E-state index in [9.17, 15) is 0 Å². The summed E-state index contributed by atoms with van der Waals surface area (Å²) >= 11 is 0. The number of pyridine rings is 1. The molecule has 22 heavy (non-hydrogen) atoms. The first kappa shape index (κ1) is 12.7. The maximum Gasteiger partial charge on any atom is 0.116 e. The number of fused-ring (bicyclic) bond motifs is 1. The smallest absolute Gasteiger partial charge is 0.116 e. The van der Waals surface area contributed by atoms with Crippen LogP contribution in [0, 0.1) is 0 Å². The summed E-state index contributed by atoms with van der Waals surface area (Å²) in [5, 5.41) is 1.13. The molecule has 0 unspecified atom stereocenters.